The van der Waals surface area contributed by atoms with Gasteiger partial charge in [-0.2, -0.15) is 0 Å². The van der Waals surface area contributed by atoms with Crippen LogP contribution in [0, 0.1) is 0 Å². The largest absolute Gasteiger partial charge is 0.478 e. The molecule has 0 unspecified atom stereocenters. The van der Waals surface area contributed by atoms with E-state index in [1.165, 1.54) is 0 Å². The molecule has 3 aromatic rings. The minimum Gasteiger partial charge on any atom is -0.478 e. The van der Waals surface area contributed by atoms with Crippen LogP contribution in [-0.4, -0.2) is 15.6 Å². The van der Waals surface area contributed by atoms with Crippen LogP contribution in [0.3, 0.4) is 0 Å². The molecule has 0 saturated carbocycles. The highest BCUT2D eigenvalue weighted by Gasteiger charge is 2.11. The Morgan fingerprint density at radius 1 is 1.20 bits per heavy atom. The van der Waals surface area contributed by atoms with Gasteiger partial charge in [0.15, 0.2) is 0 Å². The monoisotopic (exact) mass is 285 g/mol. The lowest BCUT2D eigenvalue weighted by Gasteiger charge is -2.01. The Kier molecular flexibility index (Phi) is 2.99. The second kappa shape index (κ2) is 4.69. The van der Waals surface area contributed by atoms with Gasteiger partial charge in [0.2, 0.25) is 0 Å². The first kappa shape index (κ1) is 12.8. The van der Waals surface area contributed by atoms with Crippen molar-refractivity contribution in [3.8, 4) is 11.1 Å². The molecule has 0 fully saturated rings. The number of carbonyl (C=O) groups is 1. The minimum atomic E-state index is -0.919. The molecule has 3 rings (SSSR count). The SMILES string of the molecule is Cn1cc(-c2cccc(Cl)c2)c2ccc(C(=O)O)cc21. The molecule has 0 atom stereocenters. The fourth-order valence-corrected chi connectivity index (χ4v) is 2.59. The first-order chi connectivity index (χ1) is 9.56. The van der Waals surface area contributed by atoms with Crippen LogP contribution in [0.5, 0.6) is 0 Å². The number of fused-ring (bicyclic) bond motifs is 1. The predicted octanol–water partition coefficient (Wildman–Crippen LogP) is 4.20. The summed E-state index contributed by atoms with van der Waals surface area (Å²) in [6.45, 7) is 0. The van der Waals surface area contributed by atoms with Gasteiger partial charge in [-0.05, 0) is 29.8 Å². The molecule has 1 heterocycles. The van der Waals surface area contributed by atoms with Gasteiger partial charge in [-0.3, -0.25) is 0 Å². The Morgan fingerprint density at radius 2 is 2.00 bits per heavy atom. The van der Waals surface area contributed by atoms with E-state index in [9.17, 15) is 4.79 Å². The number of rotatable bonds is 2. The van der Waals surface area contributed by atoms with Crippen molar-refractivity contribution < 1.29 is 9.90 Å². The van der Waals surface area contributed by atoms with Gasteiger partial charge in [-0.15, -0.1) is 0 Å². The predicted molar refractivity (Wildman–Crippen MR) is 80.3 cm³/mol. The summed E-state index contributed by atoms with van der Waals surface area (Å²) < 4.78 is 1.93. The van der Waals surface area contributed by atoms with E-state index in [0.717, 1.165) is 22.0 Å². The van der Waals surface area contributed by atoms with Gasteiger partial charge in [0.05, 0.1) is 5.56 Å². The number of aromatic nitrogens is 1. The summed E-state index contributed by atoms with van der Waals surface area (Å²) in [7, 11) is 1.90. The van der Waals surface area contributed by atoms with Gasteiger partial charge in [0.1, 0.15) is 0 Å². The van der Waals surface area contributed by atoms with Crippen molar-refractivity contribution in [1.82, 2.24) is 4.57 Å². The third-order valence-corrected chi connectivity index (χ3v) is 3.61. The van der Waals surface area contributed by atoms with Crippen LogP contribution in [-0.2, 0) is 7.05 Å². The Bertz CT molecular complexity index is 820. The zero-order valence-corrected chi connectivity index (χ0v) is 11.6. The van der Waals surface area contributed by atoms with E-state index in [2.05, 4.69) is 0 Å². The highest BCUT2D eigenvalue weighted by atomic mass is 35.5. The number of aryl methyl sites for hydroxylation is 1. The van der Waals surface area contributed by atoms with Crippen LogP contribution in [0.1, 0.15) is 10.4 Å². The number of carboxylic acid groups (broad SMARTS) is 1. The average Bonchev–Trinajstić information content (AvgIpc) is 2.76. The summed E-state index contributed by atoms with van der Waals surface area (Å²) in [6, 6.07) is 12.8. The van der Waals surface area contributed by atoms with E-state index in [1.807, 2.05) is 48.1 Å². The molecule has 0 saturated heterocycles. The van der Waals surface area contributed by atoms with E-state index in [4.69, 9.17) is 16.7 Å². The lowest BCUT2D eigenvalue weighted by atomic mass is 10.0. The molecule has 20 heavy (non-hydrogen) atoms. The van der Waals surface area contributed by atoms with Gasteiger partial charge in [0, 0.05) is 34.7 Å². The molecular formula is C16H12ClNO2. The molecule has 3 nitrogen and oxygen atoms in total. The molecule has 0 bridgehead atoms. The number of benzene rings is 2. The molecule has 100 valence electrons. The van der Waals surface area contributed by atoms with Gasteiger partial charge >= 0.3 is 5.97 Å². The number of nitrogens with zero attached hydrogens (tertiary/aromatic N) is 1. The van der Waals surface area contributed by atoms with E-state index in [1.54, 1.807) is 12.1 Å². The zero-order chi connectivity index (χ0) is 14.3. The summed E-state index contributed by atoms with van der Waals surface area (Å²) >= 11 is 6.03. The normalized spacial score (nSPS) is 10.9. The zero-order valence-electron chi connectivity index (χ0n) is 10.8. The second-order valence-corrected chi connectivity index (χ2v) is 5.14. The van der Waals surface area contributed by atoms with Gasteiger partial charge < -0.3 is 9.67 Å². The van der Waals surface area contributed by atoms with Crippen LogP contribution in [0.15, 0.2) is 48.7 Å². The van der Waals surface area contributed by atoms with Crippen molar-refractivity contribution >= 4 is 28.5 Å². The molecule has 0 radical (unpaired) electrons. The molecule has 2 aromatic carbocycles. The summed E-state index contributed by atoms with van der Waals surface area (Å²) in [6.07, 6.45) is 1.99. The van der Waals surface area contributed by atoms with E-state index in [-0.39, 0.29) is 5.56 Å². The third kappa shape index (κ3) is 2.06. The van der Waals surface area contributed by atoms with Crippen molar-refractivity contribution in [3.05, 3.63) is 59.2 Å². The van der Waals surface area contributed by atoms with Crippen molar-refractivity contribution in [1.29, 1.82) is 0 Å². The fraction of sp³-hybridized carbons (Fsp3) is 0.0625. The van der Waals surface area contributed by atoms with Gasteiger partial charge in [-0.25, -0.2) is 4.79 Å². The topological polar surface area (TPSA) is 42.2 Å². The molecule has 1 aromatic heterocycles. The first-order valence-electron chi connectivity index (χ1n) is 6.14. The number of hydrogen-bond acceptors (Lipinski definition) is 1. The third-order valence-electron chi connectivity index (χ3n) is 3.37. The maximum atomic E-state index is 11.1. The van der Waals surface area contributed by atoms with E-state index >= 15 is 0 Å². The standard InChI is InChI=1S/C16H12ClNO2/c1-18-9-14(10-3-2-4-12(17)7-10)13-6-5-11(16(19)20)8-15(13)18/h2-9H,1H3,(H,19,20). The quantitative estimate of drug-likeness (QED) is 0.767. The van der Waals surface area contributed by atoms with Gasteiger partial charge in [-0.1, -0.05) is 29.8 Å². The highest BCUT2D eigenvalue weighted by molar-refractivity contribution is 6.30. The Morgan fingerprint density at radius 3 is 2.70 bits per heavy atom. The Balaban J connectivity index is 2.25. The second-order valence-electron chi connectivity index (χ2n) is 4.70. The molecule has 0 amide bonds. The van der Waals surface area contributed by atoms with Crippen LogP contribution < -0.4 is 0 Å². The van der Waals surface area contributed by atoms with Crippen molar-refractivity contribution in [2.24, 2.45) is 7.05 Å². The molecule has 0 aliphatic rings. The lowest BCUT2D eigenvalue weighted by molar-refractivity contribution is 0.0697. The molecule has 4 heteroatoms. The van der Waals surface area contributed by atoms with Crippen LogP contribution in [0.4, 0.5) is 0 Å². The molecule has 0 aliphatic carbocycles. The smallest absolute Gasteiger partial charge is 0.335 e. The summed E-state index contributed by atoms with van der Waals surface area (Å²) in [5.74, 6) is -0.919. The summed E-state index contributed by atoms with van der Waals surface area (Å²) in [5.41, 5.74) is 3.24. The summed E-state index contributed by atoms with van der Waals surface area (Å²) in [4.78, 5) is 11.1. The Labute approximate surface area is 121 Å². The van der Waals surface area contributed by atoms with Crippen molar-refractivity contribution in [3.63, 3.8) is 0 Å². The van der Waals surface area contributed by atoms with Crippen LogP contribution in [0.2, 0.25) is 5.02 Å². The Hall–Kier alpha value is -2.26. The number of halogens is 1. The summed E-state index contributed by atoms with van der Waals surface area (Å²) in [5, 5.41) is 10.8. The lowest BCUT2D eigenvalue weighted by Crippen LogP contribution is -1.96. The van der Waals surface area contributed by atoms with Gasteiger partial charge in [0.25, 0.3) is 0 Å². The maximum Gasteiger partial charge on any atom is 0.335 e. The molecule has 0 spiro atoms. The van der Waals surface area contributed by atoms with Crippen molar-refractivity contribution in [2.45, 2.75) is 0 Å². The maximum absolute atomic E-state index is 11.1. The molecular weight excluding hydrogens is 274 g/mol. The number of hydrogen-bond donors (Lipinski definition) is 1. The average molecular weight is 286 g/mol. The molecule has 0 aliphatic heterocycles. The first-order valence-corrected chi connectivity index (χ1v) is 6.52. The van der Waals surface area contributed by atoms with Crippen LogP contribution in [0.25, 0.3) is 22.0 Å². The van der Waals surface area contributed by atoms with Crippen molar-refractivity contribution in [2.75, 3.05) is 0 Å². The van der Waals surface area contributed by atoms with Crippen LogP contribution >= 0.6 is 11.6 Å². The minimum absolute atomic E-state index is 0.288. The van der Waals surface area contributed by atoms with E-state index < -0.39 is 5.97 Å². The molecule has 1 N–H and O–H groups in total. The fourth-order valence-electron chi connectivity index (χ4n) is 2.40. The van der Waals surface area contributed by atoms with E-state index in [0.29, 0.717) is 5.02 Å². The highest BCUT2D eigenvalue weighted by Crippen LogP contribution is 2.32. The number of aromatic carboxylic acids is 1. The number of carboxylic acids is 1.